The molecule has 1 atom stereocenters. The number of hydrogen-bond donors (Lipinski definition) is 3. The van der Waals surface area contributed by atoms with Gasteiger partial charge in [0, 0.05) is 5.69 Å². The van der Waals surface area contributed by atoms with E-state index in [0.717, 1.165) is 12.6 Å². The van der Waals surface area contributed by atoms with E-state index in [1.807, 2.05) is 6.92 Å². The highest BCUT2D eigenvalue weighted by molar-refractivity contribution is 6.31. The predicted octanol–water partition coefficient (Wildman–Crippen LogP) is 2.23. The number of carboxylic acids is 1. The quantitative estimate of drug-likeness (QED) is 0.422. The third-order valence-electron chi connectivity index (χ3n) is 3.19. The Labute approximate surface area is 117 Å². The van der Waals surface area contributed by atoms with Crippen LogP contribution >= 0.6 is 0 Å². The Balaban J connectivity index is 2.94. The van der Waals surface area contributed by atoms with Gasteiger partial charge in [-0.15, -0.1) is 0 Å². The lowest BCUT2D eigenvalue weighted by molar-refractivity contribution is -0.143. The van der Waals surface area contributed by atoms with Gasteiger partial charge < -0.3 is 15.6 Å². The molecule has 6 nitrogen and oxygen atoms in total. The largest absolute Gasteiger partial charge is 0.481 e. The van der Waals surface area contributed by atoms with Crippen LogP contribution in [0.2, 0.25) is 0 Å². The first-order valence-corrected chi connectivity index (χ1v) is 6.26. The second-order valence-corrected chi connectivity index (χ2v) is 4.70. The van der Waals surface area contributed by atoms with E-state index in [1.165, 1.54) is 0 Å². The summed E-state index contributed by atoms with van der Waals surface area (Å²) in [6, 6.07) is 6.59. The Morgan fingerprint density at radius 1 is 1.35 bits per heavy atom. The van der Waals surface area contributed by atoms with Crippen molar-refractivity contribution in [3.63, 3.8) is 0 Å². The second kappa shape index (κ2) is 6.70. The second-order valence-electron chi connectivity index (χ2n) is 4.70. The first-order valence-electron chi connectivity index (χ1n) is 6.26. The van der Waals surface area contributed by atoms with Gasteiger partial charge in [0.25, 0.3) is 5.91 Å². The summed E-state index contributed by atoms with van der Waals surface area (Å²) in [5.41, 5.74) is 0.243. The number of amides is 1. The molecule has 0 fully saturated rings. The molecule has 108 valence electrons. The van der Waals surface area contributed by atoms with Crippen molar-refractivity contribution < 1.29 is 19.9 Å². The number of carbonyl (C=O) groups is 2. The topological polar surface area (TPSA) is 99.0 Å². The molecule has 0 heterocycles. The van der Waals surface area contributed by atoms with Gasteiger partial charge in [-0.1, -0.05) is 30.6 Å². The first-order chi connectivity index (χ1) is 9.43. The maximum absolute atomic E-state index is 11.4. The summed E-state index contributed by atoms with van der Waals surface area (Å²) in [6.45, 7) is 3.62. The molecule has 0 saturated heterocycles. The highest BCUT2D eigenvalue weighted by Gasteiger charge is 2.33. The molecule has 0 spiro atoms. The van der Waals surface area contributed by atoms with E-state index < -0.39 is 17.3 Å². The van der Waals surface area contributed by atoms with Crippen LogP contribution in [0.5, 0.6) is 0 Å². The average molecular weight is 278 g/mol. The number of hydrogen-bond acceptors (Lipinski definition) is 4. The lowest BCUT2D eigenvalue weighted by atomic mass is 9.79. The number of benzene rings is 1. The van der Waals surface area contributed by atoms with Gasteiger partial charge in [0.15, 0.2) is 0 Å². The average Bonchev–Trinajstić information content (AvgIpc) is 2.39. The zero-order chi connectivity index (χ0) is 15.2. The summed E-state index contributed by atoms with van der Waals surface area (Å²) in [4.78, 5) is 22.6. The highest BCUT2D eigenvalue weighted by atomic mass is 16.4. The molecule has 0 radical (unpaired) electrons. The molecular formula is C14H18N2O4. The smallest absolute Gasteiger partial charge is 0.313 e. The van der Waals surface area contributed by atoms with Gasteiger partial charge in [0.1, 0.15) is 6.21 Å². The highest BCUT2D eigenvalue weighted by Crippen LogP contribution is 2.30. The number of rotatable bonds is 6. The van der Waals surface area contributed by atoms with Crippen LogP contribution in [0.1, 0.15) is 32.3 Å². The minimum absolute atomic E-state index is 0.503. The van der Waals surface area contributed by atoms with Crippen LogP contribution in [0.4, 0.5) is 5.69 Å². The Morgan fingerprint density at radius 3 is 2.40 bits per heavy atom. The van der Waals surface area contributed by atoms with Crippen molar-refractivity contribution in [1.29, 1.82) is 0 Å². The molecule has 3 N–H and O–H groups in total. The Kier molecular flexibility index (Phi) is 5.25. The van der Waals surface area contributed by atoms with Crippen molar-refractivity contribution in [3.8, 4) is 0 Å². The fraction of sp³-hybridized carbons (Fsp3) is 0.357. The van der Waals surface area contributed by atoms with Crippen LogP contribution in [0.25, 0.3) is 0 Å². The van der Waals surface area contributed by atoms with Crippen molar-refractivity contribution in [2.45, 2.75) is 32.1 Å². The van der Waals surface area contributed by atoms with Crippen molar-refractivity contribution in [2.24, 2.45) is 5.16 Å². The summed E-state index contributed by atoms with van der Waals surface area (Å²) >= 11 is 0. The summed E-state index contributed by atoms with van der Waals surface area (Å²) in [7, 11) is 0. The molecule has 20 heavy (non-hydrogen) atoms. The van der Waals surface area contributed by atoms with E-state index in [9.17, 15) is 14.7 Å². The van der Waals surface area contributed by atoms with Crippen molar-refractivity contribution in [3.05, 3.63) is 29.8 Å². The molecule has 0 saturated carbocycles. The van der Waals surface area contributed by atoms with Gasteiger partial charge in [-0.25, -0.2) is 0 Å². The van der Waals surface area contributed by atoms with Gasteiger partial charge in [0.05, 0.1) is 5.41 Å². The summed E-state index contributed by atoms with van der Waals surface area (Å²) in [6.07, 6.45) is 2.03. The molecule has 0 aliphatic rings. The number of nitrogens with zero attached hydrogens (tertiary/aromatic N) is 1. The predicted molar refractivity (Wildman–Crippen MR) is 75.2 cm³/mol. The molecular weight excluding hydrogens is 260 g/mol. The number of aliphatic carboxylic acids is 1. The van der Waals surface area contributed by atoms with Crippen LogP contribution in [0, 0.1) is 0 Å². The van der Waals surface area contributed by atoms with E-state index in [4.69, 9.17) is 5.21 Å². The fourth-order valence-electron chi connectivity index (χ4n) is 2.02. The molecule has 0 aliphatic heterocycles. The number of carbonyl (C=O) groups excluding carboxylic acids is 1. The van der Waals surface area contributed by atoms with Gasteiger partial charge in [-0.05, 0) is 31.0 Å². The zero-order valence-electron chi connectivity index (χ0n) is 11.5. The minimum atomic E-state index is -0.941. The van der Waals surface area contributed by atoms with E-state index in [2.05, 4.69) is 10.5 Å². The third kappa shape index (κ3) is 3.57. The molecule has 1 aromatic carbocycles. The number of nitrogens with one attached hydrogen (secondary N) is 1. The molecule has 0 bridgehead atoms. The van der Waals surface area contributed by atoms with E-state index in [0.29, 0.717) is 17.7 Å². The van der Waals surface area contributed by atoms with Crippen LogP contribution in [-0.4, -0.2) is 28.4 Å². The van der Waals surface area contributed by atoms with Gasteiger partial charge in [0.2, 0.25) is 0 Å². The monoisotopic (exact) mass is 278 g/mol. The standard InChI is InChI=1S/C14H18N2O4/c1-3-8-14(2,13(18)19)10-4-6-11(7-5-10)16-12(17)9-15-20/h4-7,9,20H,3,8H2,1-2H3,(H,16,17)(H,18,19)/b15-9+. The number of oxime groups is 1. The summed E-state index contributed by atoms with van der Waals surface area (Å²) in [5, 5.41) is 22.7. The lowest BCUT2D eigenvalue weighted by Crippen LogP contribution is -2.32. The summed E-state index contributed by atoms with van der Waals surface area (Å²) < 4.78 is 0. The maximum Gasteiger partial charge on any atom is 0.313 e. The zero-order valence-corrected chi connectivity index (χ0v) is 11.5. The summed E-state index contributed by atoms with van der Waals surface area (Å²) in [5.74, 6) is -1.43. The van der Waals surface area contributed by atoms with Crippen molar-refractivity contribution >= 4 is 23.8 Å². The SMILES string of the molecule is CCCC(C)(C(=O)O)c1ccc(NC(=O)/C=N/O)cc1. The molecule has 0 aromatic heterocycles. The molecule has 0 aliphatic carbocycles. The normalized spacial score (nSPS) is 13.9. The lowest BCUT2D eigenvalue weighted by Gasteiger charge is -2.25. The van der Waals surface area contributed by atoms with Crippen molar-refractivity contribution in [2.75, 3.05) is 5.32 Å². The van der Waals surface area contributed by atoms with Crippen LogP contribution in [0.15, 0.2) is 29.4 Å². The van der Waals surface area contributed by atoms with Crippen molar-refractivity contribution in [1.82, 2.24) is 0 Å². The molecule has 1 amide bonds. The van der Waals surface area contributed by atoms with Crippen LogP contribution in [0.3, 0.4) is 0 Å². The van der Waals surface area contributed by atoms with Gasteiger partial charge in [-0.2, -0.15) is 0 Å². The maximum atomic E-state index is 11.4. The molecule has 1 unspecified atom stereocenters. The van der Waals surface area contributed by atoms with E-state index in [1.54, 1.807) is 31.2 Å². The first kappa shape index (κ1) is 15.7. The Morgan fingerprint density at radius 2 is 1.95 bits per heavy atom. The van der Waals surface area contributed by atoms with E-state index >= 15 is 0 Å². The van der Waals surface area contributed by atoms with Crippen LogP contribution < -0.4 is 5.32 Å². The molecule has 1 rings (SSSR count). The van der Waals surface area contributed by atoms with E-state index in [-0.39, 0.29) is 0 Å². The number of anilines is 1. The van der Waals surface area contributed by atoms with Gasteiger partial charge >= 0.3 is 5.97 Å². The third-order valence-corrected chi connectivity index (χ3v) is 3.19. The Bertz CT molecular complexity index is 510. The minimum Gasteiger partial charge on any atom is -0.481 e. The Hall–Kier alpha value is -2.37. The fourth-order valence-corrected chi connectivity index (χ4v) is 2.02. The number of carboxylic acid groups (broad SMARTS) is 1. The van der Waals surface area contributed by atoms with Gasteiger partial charge in [-0.3, -0.25) is 9.59 Å². The van der Waals surface area contributed by atoms with Crippen LogP contribution in [-0.2, 0) is 15.0 Å². The molecule has 1 aromatic rings. The molecule has 6 heteroatoms.